The topological polar surface area (TPSA) is 119 Å². The highest BCUT2D eigenvalue weighted by Crippen LogP contribution is 2.17. The van der Waals surface area contributed by atoms with Crippen molar-refractivity contribution in [2.45, 2.75) is 11.8 Å². The highest BCUT2D eigenvalue weighted by molar-refractivity contribution is 7.92. The molecule has 0 aliphatic carbocycles. The number of benzene rings is 1. The smallest absolute Gasteiger partial charge is 0.261 e. The molecule has 4 rings (SSSR count). The number of hydrogen-bond donors (Lipinski definition) is 2. The number of imidazole rings is 1. The van der Waals surface area contributed by atoms with Crippen LogP contribution < -0.4 is 10.0 Å². The van der Waals surface area contributed by atoms with E-state index in [-0.39, 0.29) is 10.8 Å². The van der Waals surface area contributed by atoms with Gasteiger partial charge in [-0.2, -0.15) is 0 Å². The van der Waals surface area contributed by atoms with Crippen molar-refractivity contribution in [2.24, 2.45) is 0 Å². The fourth-order valence-corrected chi connectivity index (χ4v) is 3.90. The number of aromatic nitrogens is 4. The molecule has 0 unspecified atom stereocenters. The number of rotatable bonds is 6. The fraction of sp³-hybridized carbons (Fsp3) is 0.0476. The maximum atomic E-state index is 12.5. The summed E-state index contributed by atoms with van der Waals surface area (Å²) >= 11 is 0. The monoisotopic (exact) mass is 434 g/mol. The van der Waals surface area contributed by atoms with Crippen LogP contribution in [0.4, 0.5) is 11.4 Å². The number of pyridine rings is 2. The summed E-state index contributed by atoms with van der Waals surface area (Å²) in [6.07, 6.45) is 8.01. The summed E-state index contributed by atoms with van der Waals surface area (Å²) in [5, 5.41) is 2.75. The van der Waals surface area contributed by atoms with Crippen molar-refractivity contribution < 1.29 is 13.2 Å². The normalized spacial score (nSPS) is 11.1. The second-order valence-electron chi connectivity index (χ2n) is 6.57. The van der Waals surface area contributed by atoms with Crippen LogP contribution in [-0.2, 0) is 10.0 Å². The molecule has 1 amide bonds. The molecule has 156 valence electrons. The van der Waals surface area contributed by atoms with Gasteiger partial charge in [-0.05, 0) is 55.5 Å². The van der Waals surface area contributed by atoms with Crippen LogP contribution in [0.15, 0.2) is 84.4 Å². The van der Waals surface area contributed by atoms with Crippen LogP contribution in [0, 0.1) is 6.92 Å². The van der Waals surface area contributed by atoms with Gasteiger partial charge < -0.3 is 5.32 Å². The Balaban J connectivity index is 1.44. The SMILES string of the molecule is Cc1nccn1-c1ccc(NC(=O)c2ccc(S(=O)(=O)Nc3ccncc3)cc2)cn1. The molecule has 3 heterocycles. The van der Waals surface area contributed by atoms with E-state index in [2.05, 4.69) is 25.0 Å². The van der Waals surface area contributed by atoms with Crippen molar-refractivity contribution in [1.29, 1.82) is 0 Å². The van der Waals surface area contributed by atoms with Gasteiger partial charge in [0.15, 0.2) is 0 Å². The van der Waals surface area contributed by atoms with E-state index in [9.17, 15) is 13.2 Å². The predicted octanol–water partition coefficient (Wildman–Crippen LogP) is 3.02. The minimum atomic E-state index is -3.77. The van der Waals surface area contributed by atoms with Crippen LogP contribution in [0.25, 0.3) is 5.82 Å². The molecule has 0 saturated carbocycles. The molecule has 9 nitrogen and oxygen atoms in total. The number of aryl methyl sites for hydroxylation is 1. The lowest BCUT2D eigenvalue weighted by molar-refractivity contribution is 0.102. The van der Waals surface area contributed by atoms with Crippen LogP contribution >= 0.6 is 0 Å². The van der Waals surface area contributed by atoms with Crippen molar-refractivity contribution in [1.82, 2.24) is 19.5 Å². The third-order valence-corrected chi connectivity index (χ3v) is 5.83. The van der Waals surface area contributed by atoms with Gasteiger partial charge in [-0.1, -0.05) is 0 Å². The first-order valence-electron chi connectivity index (χ1n) is 9.23. The lowest BCUT2D eigenvalue weighted by Crippen LogP contribution is -2.15. The summed E-state index contributed by atoms with van der Waals surface area (Å²) in [5.41, 5.74) is 1.23. The van der Waals surface area contributed by atoms with E-state index in [1.807, 2.05) is 11.5 Å². The Morgan fingerprint density at radius 2 is 1.65 bits per heavy atom. The fourth-order valence-electron chi connectivity index (χ4n) is 2.85. The van der Waals surface area contributed by atoms with Gasteiger partial charge in [0.2, 0.25) is 0 Å². The molecule has 2 N–H and O–H groups in total. The van der Waals surface area contributed by atoms with E-state index in [4.69, 9.17) is 0 Å². The minimum Gasteiger partial charge on any atom is -0.321 e. The number of hydrogen-bond acceptors (Lipinski definition) is 6. The molecule has 0 aliphatic heterocycles. The summed E-state index contributed by atoms with van der Waals surface area (Å²) in [5.74, 6) is 1.11. The number of nitrogens with one attached hydrogen (secondary N) is 2. The molecule has 31 heavy (non-hydrogen) atoms. The van der Waals surface area contributed by atoms with E-state index in [1.165, 1.54) is 36.7 Å². The van der Waals surface area contributed by atoms with Crippen LogP contribution in [0.5, 0.6) is 0 Å². The number of sulfonamides is 1. The number of carbonyl (C=O) groups is 1. The van der Waals surface area contributed by atoms with Crippen LogP contribution in [0.3, 0.4) is 0 Å². The molecule has 10 heteroatoms. The van der Waals surface area contributed by atoms with Gasteiger partial charge in [0.1, 0.15) is 11.6 Å². The van der Waals surface area contributed by atoms with E-state index in [0.717, 1.165) is 5.82 Å². The molecule has 4 aromatic rings. The zero-order valence-electron chi connectivity index (χ0n) is 16.4. The average molecular weight is 434 g/mol. The zero-order chi connectivity index (χ0) is 21.8. The maximum absolute atomic E-state index is 12.5. The summed E-state index contributed by atoms with van der Waals surface area (Å²) < 4.78 is 29.2. The highest BCUT2D eigenvalue weighted by Gasteiger charge is 2.15. The Bertz CT molecular complexity index is 1300. The van der Waals surface area contributed by atoms with Crippen LogP contribution in [-0.4, -0.2) is 33.8 Å². The van der Waals surface area contributed by atoms with Gasteiger partial charge in [0, 0.05) is 30.4 Å². The lowest BCUT2D eigenvalue weighted by Gasteiger charge is -2.09. The molecule has 1 aromatic carbocycles. The molecule has 0 fully saturated rings. The first kappa shape index (κ1) is 20.2. The Hall–Kier alpha value is -4.05. The highest BCUT2D eigenvalue weighted by atomic mass is 32.2. The van der Waals surface area contributed by atoms with Crippen molar-refractivity contribution in [3.63, 3.8) is 0 Å². The molecule has 3 aromatic heterocycles. The maximum Gasteiger partial charge on any atom is 0.261 e. The van der Waals surface area contributed by atoms with Crippen molar-refractivity contribution in [3.05, 3.63) is 90.9 Å². The Labute approximate surface area is 178 Å². The molecule has 0 atom stereocenters. The predicted molar refractivity (Wildman–Crippen MR) is 116 cm³/mol. The molecule has 0 bridgehead atoms. The summed E-state index contributed by atoms with van der Waals surface area (Å²) in [4.78, 5) is 24.9. The minimum absolute atomic E-state index is 0.0441. The number of amides is 1. The zero-order valence-corrected chi connectivity index (χ0v) is 17.2. The number of nitrogens with zero attached hydrogens (tertiary/aromatic N) is 4. The molecule has 0 aliphatic rings. The molecule has 0 spiro atoms. The Morgan fingerprint density at radius 1 is 0.903 bits per heavy atom. The van der Waals surface area contributed by atoms with Crippen LogP contribution in [0.2, 0.25) is 0 Å². The van der Waals surface area contributed by atoms with Crippen molar-refractivity contribution in [2.75, 3.05) is 10.0 Å². The third-order valence-electron chi connectivity index (χ3n) is 4.44. The van der Waals surface area contributed by atoms with Gasteiger partial charge in [-0.25, -0.2) is 18.4 Å². The summed E-state index contributed by atoms with van der Waals surface area (Å²) in [6.45, 7) is 1.87. The molecular formula is C21H18N6O3S. The van der Waals surface area contributed by atoms with E-state index >= 15 is 0 Å². The Morgan fingerprint density at radius 3 is 2.26 bits per heavy atom. The molecule has 0 saturated heterocycles. The van der Waals surface area contributed by atoms with Gasteiger partial charge in [-0.3, -0.25) is 19.1 Å². The Kier molecular flexibility index (Phi) is 5.46. The number of carbonyl (C=O) groups excluding carboxylic acids is 1. The van der Waals surface area contributed by atoms with Crippen LogP contribution in [0.1, 0.15) is 16.2 Å². The van der Waals surface area contributed by atoms with Gasteiger partial charge >= 0.3 is 0 Å². The van der Waals surface area contributed by atoms with Crippen molar-refractivity contribution >= 4 is 27.3 Å². The van der Waals surface area contributed by atoms with E-state index in [0.29, 0.717) is 22.8 Å². The molecule has 0 radical (unpaired) electrons. The van der Waals surface area contributed by atoms with Gasteiger partial charge in [0.25, 0.3) is 15.9 Å². The van der Waals surface area contributed by atoms with Crippen molar-refractivity contribution in [3.8, 4) is 5.82 Å². The third kappa shape index (κ3) is 4.59. The second-order valence-corrected chi connectivity index (χ2v) is 8.25. The van der Waals surface area contributed by atoms with E-state index in [1.54, 1.807) is 42.9 Å². The van der Waals surface area contributed by atoms with E-state index < -0.39 is 10.0 Å². The quantitative estimate of drug-likeness (QED) is 0.481. The number of anilines is 2. The van der Waals surface area contributed by atoms with Gasteiger partial charge in [-0.15, -0.1) is 0 Å². The summed E-state index contributed by atoms with van der Waals surface area (Å²) in [7, 11) is -3.77. The first-order chi connectivity index (χ1) is 14.9. The van der Waals surface area contributed by atoms with Gasteiger partial charge in [0.05, 0.1) is 22.5 Å². The molecular weight excluding hydrogens is 416 g/mol. The second kappa shape index (κ2) is 8.36. The summed E-state index contributed by atoms with van der Waals surface area (Å²) in [6, 6.07) is 12.3. The largest absolute Gasteiger partial charge is 0.321 e. The standard InChI is InChI=1S/C21H18N6O3S/c1-15-23-12-13-27(15)20-7-4-18(14-24-20)25-21(28)16-2-5-19(6-3-16)31(29,30)26-17-8-10-22-11-9-17/h2-14H,1H3,(H,22,26)(H,25,28). The first-order valence-corrected chi connectivity index (χ1v) is 10.7. The average Bonchev–Trinajstić information content (AvgIpc) is 3.20. The lowest BCUT2D eigenvalue weighted by atomic mass is 10.2.